The van der Waals surface area contributed by atoms with Crippen molar-refractivity contribution in [2.24, 2.45) is 0 Å². The van der Waals surface area contributed by atoms with Crippen LogP contribution in [0.25, 0.3) is 0 Å². The Morgan fingerprint density at radius 2 is 1.93 bits per heavy atom. The molecule has 0 aliphatic carbocycles. The summed E-state index contributed by atoms with van der Waals surface area (Å²) in [5.41, 5.74) is 1.22. The monoisotopic (exact) mass is 194 g/mol. The van der Waals surface area contributed by atoms with Crippen LogP contribution in [0.15, 0.2) is 24.3 Å². The van der Waals surface area contributed by atoms with Crippen LogP contribution in [0.3, 0.4) is 0 Å². The molecule has 0 saturated heterocycles. The molecule has 78 valence electrons. The van der Waals surface area contributed by atoms with Gasteiger partial charge in [-0.05, 0) is 25.5 Å². The molecule has 0 heterocycles. The van der Waals surface area contributed by atoms with E-state index in [-0.39, 0.29) is 12.7 Å². The third kappa shape index (κ3) is 3.38. The lowest BCUT2D eigenvalue weighted by Crippen LogP contribution is -2.20. The smallest absolute Gasteiger partial charge is 0.122 e. The van der Waals surface area contributed by atoms with Crippen LogP contribution in [0.2, 0.25) is 0 Å². The zero-order valence-electron chi connectivity index (χ0n) is 8.86. The maximum Gasteiger partial charge on any atom is 0.122 e. The van der Waals surface area contributed by atoms with E-state index in [0.717, 1.165) is 18.6 Å². The number of rotatable bonds is 5. The average Bonchev–Trinajstić information content (AvgIpc) is 2.20. The van der Waals surface area contributed by atoms with E-state index in [1.165, 1.54) is 5.56 Å². The first-order chi connectivity index (χ1) is 6.76. The summed E-state index contributed by atoms with van der Waals surface area (Å²) in [6, 6.07) is 7.90. The second-order valence-corrected chi connectivity index (χ2v) is 3.52. The first-order valence-electron chi connectivity index (χ1n) is 5.10. The van der Waals surface area contributed by atoms with Gasteiger partial charge >= 0.3 is 0 Å². The highest BCUT2D eigenvalue weighted by Crippen LogP contribution is 2.14. The average molecular weight is 194 g/mol. The van der Waals surface area contributed by atoms with Crippen LogP contribution in [0.1, 0.15) is 25.3 Å². The number of hydrogen-bond acceptors (Lipinski definition) is 2. The van der Waals surface area contributed by atoms with Crippen molar-refractivity contribution in [3.8, 4) is 5.75 Å². The third-order valence-electron chi connectivity index (χ3n) is 2.14. The van der Waals surface area contributed by atoms with E-state index < -0.39 is 0 Å². The number of aliphatic hydroxyl groups is 1. The number of ether oxygens (including phenoxy) is 1. The van der Waals surface area contributed by atoms with Gasteiger partial charge in [-0.1, -0.05) is 31.0 Å². The summed E-state index contributed by atoms with van der Waals surface area (Å²) in [4.78, 5) is 0. The Labute approximate surface area is 85.5 Å². The highest BCUT2D eigenvalue weighted by molar-refractivity contribution is 5.26. The van der Waals surface area contributed by atoms with Gasteiger partial charge < -0.3 is 9.84 Å². The van der Waals surface area contributed by atoms with Crippen LogP contribution in [-0.4, -0.2) is 17.8 Å². The molecule has 2 heteroatoms. The van der Waals surface area contributed by atoms with Crippen molar-refractivity contribution < 1.29 is 9.84 Å². The lowest BCUT2D eigenvalue weighted by Gasteiger charge is -2.15. The molecule has 1 rings (SSSR count). The van der Waals surface area contributed by atoms with Crippen LogP contribution in [0, 0.1) is 6.92 Å². The molecule has 0 radical (unpaired) electrons. The van der Waals surface area contributed by atoms with Crippen molar-refractivity contribution in [3.05, 3.63) is 29.8 Å². The molecule has 1 aromatic rings. The highest BCUT2D eigenvalue weighted by atomic mass is 16.5. The van der Waals surface area contributed by atoms with Crippen LogP contribution < -0.4 is 4.74 Å². The van der Waals surface area contributed by atoms with Crippen molar-refractivity contribution in [1.82, 2.24) is 0 Å². The second-order valence-electron chi connectivity index (χ2n) is 3.52. The topological polar surface area (TPSA) is 29.5 Å². The van der Waals surface area contributed by atoms with E-state index in [1.807, 2.05) is 31.2 Å². The predicted octanol–water partition coefficient (Wildman–Crippen LogP) is 2.53. The van der Waals surface area contributed by atoms with Crippen LogP contribution >= 0.6 is 0 Å². The maximum atomic E-state index is 9.05. The molecule has 0 aliphatic heterocycles. The van der Waals surface area contributed by atoms with Crippen molar-refractivity contribution >= 4 is 0 Å². The molecule has 14 heavy (non-hydrogen) atoms. The van der Waals surface area contributed by atoms with Crippen LogP contribution in [-0.2, 0) is 0 Å². The molecule has 1 atom stereocenters. The van der Waals surface area contributed by atoms with Crippen LogP contribution in [0.5, 0.6) is 5.75 Å². The van der Waals surface area contributed by atoms with E-state index in [0.29, 0.717) is 0 Å². The van der Waals surface area contributed by atoms with E-state index in [2.05, 4.69) is 6.92 Å². The summed E-state index contributed by atoms with van der Waals surface area (Å²) in [6.45, 7) is 4.21. The molecule has 0 aromatic heterocycles. The zero-order chi connectivity index (χ0) is 10.4. The number of aliphatic hydroxyl groups excluding tert-OH is 1. The van der Waals surface area contributed by atoms with Crippen LogP contribution in [0.4, 0.5) is 0 Å². The molecule has 0 amide bonds. The number of aryl methyl sites for hydroxylation is 1. The van der Waals surface area contributed by atoms with E-state index in [9.17, 15) is 0 Å². The minimum Gasteiger partial charge on any atom is -0.488 e. The molecular formula is C12H18O2. The largest absolute Gasteiger partial charge is 0.488 e. The van der Waals surface area contributed by atoms with Gasteiger partial charge in [0.15, 0.2) is 0 Å². The Morgan fingerprint density at radius 3 is 2.43 bits per heavy atom. The first kappa shape index (κ1) is 11.1. The summed E-state index contributed by atoms with van der Waals surface area (Å²) < 4.78 is 5.61. The Morgan fingerprint density at radius 1 is 1.29 bits per heavy atom. The van der Waals surface area contributed by atoms with Crippen molar-refractivity contribution in [3.63, 3.8) is 0 Å². The van der Waals surface area contributed by atoms with Gasteiger partial charge in [-0.15, -0.1) is 0 Å². The van der Waals surface area contributed by atoms with Gasteiger partial charge in [0.25, 0.3) is 0 Å². The SMILES string of the molecule is CCCC(CO)Oc1ccc(C)cc1. The second kappa shape index (κ2) is 5.66. The summed E-state index contributed by atoms with van der Waals surface area (Å²) in [5.74, 6) is 0.836. The van der Waals surface area contributed by atoms with Gasteiger partial charge in [-0.2, -0.15) is 0 Å². The Balaban J connectivity index is 2.53. The number of benzene rings is 1. The van der Waals surface area contributed by atoms with E-state index >= 15 is 0 Å². The summed E-state index contributed by atoms with van der Waals surface area (Å²) in [7, 11) is 0. The minimum atomic E-state index is -0.0669. The molecule has 1 N–H and O–H groups in total. The van der Waals surface area contributed by atoms with E-state index in [4.69, 9.17) is 9.84 Å². The fourth-order valence-electron chi connectivity index (χ4n) is 1.32. The van der Waals surface area contributed by atoms with E-state index in [1.54, 1.807) is 0 Å². The van der Waals surface area contributed by atoms with Gasteiger partial charge in [-0.3, -0.25) is 0 Å². The molecule has 0 fully saturated rings. The molecule has 0 saturated carbocycles. The van der Waals surface area contributed by atoms with Crippen molar-refractivity contribution in [2.75, 3.05) is 6.61 Å². The van der Waals surface area contributed by atoms with Crippen molar-refractivity contribution in [2.45, 2.75) is 32.8 Å². The third-order valence-corrected chi connectivity index (χ3v) is 2.14. The Hall–Kier alpha value is -1.02. The predicted molar refractivity (Wildman–Crippen MR) is 57.6 cm³/mol. The lowest BCUT2D eigenvalue weighted by atomic mass is 10.2. The molecule has 1 aromatic carbocycles. The fourth-order valence-corrected chi connectivity index (χ4v) is 1.32. The lowest BCUT2D eigenvalue weighted by molar-refractivity contribution is 0.108. The Bertz CT molecular complexity index is 254. The Kier molecular flexibility index (Phi) is 4.47. The molecular weight excluding hydrogens is 176 g/mol. The van der Waals surface area contributed by atoms with Gasteiger partial charge in [0, 0.05) is 0 Å². The molecule has 0 spiro atoms. The minimum absolute atomic E-state index is 0.0669. The maximum absolute atomic E-state index is 9.05. The van der Waals surface area contributed by atoms with Gasteiger partial charge in [0.05, 0.1) is 6.61 Å². The quantitative estimate of drug-likeness (QED) is 0.780. The fraction of sp³-hybridized carbons (Fsp3) is 0.500. The summed E-state index contributed by atoms with van der Waals surface area (Å²) in [6.07, 6.45) is 1.85. The normalized spacial score (nSPS) is 12.5. The highest BCUT2D eigenvalue weighted by Gasteiger charge is 2.06. The molecule has 2 nitrogen and oxygen atoms in total. The standard InChI is InChI=1S/C12H18O2/c1-3-4-12(9-13)14-11-7-5-10(2)6-8-11/h5-8,12-13H,3-4,9H2,1-2H3. The molecule has 1 unspecified atom stereocenters. The first-order valence-corrected chi connectivity index (χ1v) is 5.10. The molecule has 0 aliphatic rings. The zero-order valence-corrected chi connectivity index (χ0v) is 8.86. The van der Waals surface area contributed by atoms with Crippen molar-refractivity contribution in [1.29, 1.82) is 0 Å². The summed E-state index contributed by atoms with van der Waals surface area (Å²) >= 11 is 0. The number of hydrogen-bond donors (Lipinski definition) is 1. The van der Waals surface area contributed by atoms with Gasteiger partial charge in [0.2, 0.25) is 0 Å². The molecule has 0 bridgehead atoms. The summed E-state index contributed by atoms with van der Waals surface area (Å²) in [5, 5.41) is 9.05. The van der Waals surface area contributed by atoms with Gasteiger partial charge in [-0.25, -0.2) is 0 Å². The van der Waals surface area contributed by atoms with Gasteiger partial charge in [0.1, 0.15) is 11.9 Å².